The van der Waals surface area contributed by atoms with Crippen LogP contribution in [0.2, 0.25) is 0 Å². The standard InChI is InChI=1S/C24H28N4O/c25-24(26)18-8-11-23-22(13-18)19(14-28-23)12-21(29)15-27-20-9-6-17(7-10-20)16-4-2-1-3-5-16/h6-11,13-14,16,27-28H,1-5,12,15H2,(H3,25,26). The number of hydrogen-bond acceptors (Lipinski definition) is 3. The van der Waals surface area contributed by atoms with Crippen LogP contribution >= 0.6 is 0 Å². The van der Waals surface area contributed by atoms with E-state index in [1.54, 1.807) is 0 Å². The Labute approximate surface area is 171 Å². The summed E-state index contributed by atoms with van der Waals surface area (Å²) in [5.74, 6) is 0.848. The van der Waals surface area contributed by atoms with Crippen molar-refractivity contribution < 1.29 is 4.79 Å². The van der Waals surface area contributed by atoms with E-state index in [9.17, 15) is 4.79 Å². The Bertz CT molecular complexity index is 1010. The van der Waals surface area contributed by atoms with Crippen molar-refractivity contribution in [1.82, 2.24) is 4.98 Å². The number of aromatic amines is 1. The van der Waals surface area contributed by atoms with Gasteiger partial charge in [0, 0.05) is 34.8 Å². The van der Waals surface area contributed by atoms with Crippen molar-refractivity contribution in [1.29, 1.82) is 5.41 Å². The minimum absolute atomic E-state index is 0.0312. The van der Waals surface area contributed by atoms with Crippen molar-refractivity contribution in [3.63, 3.8) is 0 Å². The Morgan fingerprint density at radius 2 is 1.86 bits per heavy atom. The van der Waals surface area contributed by atoms with Gasteiger partial charge in [0.2, 0.25) is 0 Å². The highest BCUT2D eigenvalue weighted by Crippen LogP contribution is 2.33. The lowest BCUT2D eigenvalue weighted by Crippen LogP contribution is -2.16. The Morgan fingerprint density at radius 3 is 2.59 bits per heavy atom. The molecule has 0 amide bonds. The summed E-state index contributed by atoms with van der Waals surface area (Å²) in [7, 11) is 0. The summed E-state index contributed by atoms with van der Waals surface area (Å²) in [6, 6.07) is 14.1. The average Bonchev–Trinajstić information content (AvgIpc) is 3.15. The van der Waals surface area contributed by atoms with Crippen LogP contribution in [0.3, 0.4) is 0 Å². The van der Waals surface area contributed by atoms with Crippen molar-refractivity contribution >= 4 is 28.2 Å². The summed E-state index contributed by atoms with van der Waals surface area (Å²) in [5, 5.41) is 11.8. The summed E-state index contributed by atoms with van der Waals surface area (Å²) in [4.78, 5) is 15.7. The molecule has 5 heteroatoms. The minimum Gasteiger partial charge on any atom is -0.384 e. The minimum atomic E-state index is 0.0312. The fourth-order valence-corrected chi connectivity index (χ4v) is 4.28. The number of carbonyl (C=O) groups is 1. The first kappa shape index (κ1) is 19.2. The number of carbonyl (C=O) groups excluding carboxylic acids is 1. The van der Waals surface area contributed by atoms with Gasteiger partial charge in [-0.05, 0) is 60.2 Å². The molecular formula is C24H28N4O. The van der Waals surface area contributed by atoms with Crippen LogP contribution in [0.15, 0.2) is 48.7 Å². The Morgan fingerprint density at radius 1 is 1.10 bits per heavy atom. The van der Waals surface area contributed by atoms with Crippen LogP contribution in [0, 0.1) is 5.41 Å². The van der Waals surface area contributed by atoms with Gasteiger partial charge in [-0.25, -0.2) is 0 Å². The van der Waals surface area contributed by atoms with E-state index in [1.807, 2.05) is 24.4 Å². The maximum Gasteiger partial charge on any atom is 0.156 e. The number of H-pyrrole nitrogens is 1. The van der Waals surface area contributed by atoms with E-state index in [4.69, 9.17) is 11.1 Å². The van der Waals surface area contributed by atoms with Gasteiger partial charge in [0.25, 0.3) is 0 Å². The molecule has 0 spiro atoms. The molecule has 0 bridgehead atoms. The molecule has 150 valence electrons. The number of nitrogen functional groups attached to an aromatic ring is 1. The van der Waals surface area contributed by atoms with E-state index in [-0.39, 0.29) is 11.6 Å². The molecule has 1 heterocycles. The average molecular weight is 389 g/mol. The topological polar surface area (TPSA) is 94.8 Å². The zero-order valence-corrected chi connectivity index (χ0v) is 16.6. The number of rotatable bonds is 7. The summed E-state index contributed by atoms with van der Waals surface area (Å²) in [6.45, 7) is 0.293. The molecule has 0 aliphatic heterocycles. The monoisotopic (exact) mass is 388 g/mol. The first-order valence-electron chi connectivity index (χ1n) is 10.4. The van der Waals surface area contributed by atoms with Gasteiger partial charge < -0.3 is 16.0 Å². The number of ketones is 1. The number of fused-ring (bicyclic) bond motifs is 1. The van der Waals surface area contributed by atoms with E-state index in [0.717, 1.165) is 22.2 Å². The quantitative estimate of drug-likeness (QED) is 0.348. The molecular weight excluding hydrogens is 360 g/mol. The number of Topliss-reactive ketones (excluding diaryl/α,β-unsaturated/α-hetero) is 1. The van der Waals surface area contributed by atoms with E-state index in [0.29, 0.717) is 24.4 Å². The van der Waals surface area contributed by atoms with Gasteiger partial charge in [0.15, 0.2) is 5.78 Å². The summed E-state index contributed by atoms with van der Waals surface area (Å²) >= 11 is 0. The number of amidine groups is 1. The first-order valence-corrected chi connectivity index (χ1v) is 10.4. The highest BCUT2D eigenvalue weighted by molar-refractivity contribution is 6.00. The molecule has 3 aromatic rings. The number of benzene rings is 2. The van der Waals surface area contributed by atoms with Crippen molar-refractivity contribution in [2.75, 3.05) is 11.9 Å². The van der Waals surface area contributed by atoms with Crippen molar-refractivity contribution in [2.24, 2.45) is 5.73 Å². The van der Waals surface area contributed by atoms with E-state index in [2.05, 4.69) is 34.6 Å². The highest BCUT2D eigenvalue weighted by Gasteiger charge is 2.15. The molecule has 0 atom stereocenters. The molecule has 1 aliphatic rings. The fourth-order valence-electron chi connectivity index (χ4n) is 4.28. The smallest absolute Gasteiger partial charge is 0.156 e. The van der Waals surface area contributed by atoms with Gasteiger partial charge in [-0.15, -0.1) is 0 Å². The SMILES string of the molecule is N=C(N)c1ccc2[nH]cc(CC(=O)CNc3ccc(C4CCCCC4)cc3)c2c1. The van der Waals surface area contributed by atoms with Crippen molar-refractivity contribution in [3.8, 4) is 0 Å². The molecule has 5 nitrogen and oxygen atoms in total. The molecule has 2 aromatic carbocycles. The number of anilines is 1. The largest absolute Gasteiger partial charge is 0.384 e. The number of hydrogen-bond donors (Lipinski definition) is 4. The normalized spacial score (nSPS) is 14.8. The molecule has 5 N–H and O–H groups in total. The molecule has 0 radical (unpaired) electrons. The number of nitrogens with one attached hydrogen (secondary N) is 3. The van der Waals surface area contributed by atoms with E-state index in [1.165, 1.54) is 37.7 Å². The van der Waals surface area contributed by atoms with Crippen molar-refractivity contribution in [2.45, 2.75) is 44.4 Å². The summed E-state index contributed by atoms with van der Waals surface area (Å²) in [5.41, 5.74) is 10.5. The third-order valence-corrected chi connectivity index (χ3v) is 5.94. The summed E-state index contributed by atoms with van der Waals surface area (Å²) in [6.07, 6.45) is 8.83. The maximum absolute atomic E-state index is 12.5. The maximum atomic E-state index is 12.5. The van der Waals surface area contributed by atoms with Crippen LogP contribution in [0.25, 0.3) is 10.9 Å². The molecule has 1 saturated carbocycles. The lowest BCUT2D eigenvalue weighted by Gasteiger charge is -2.22. The molecule has 4 rings (SSSR count). The second-order valence-electron chi connectivity index (χ2n) is 8.01. The van der Waals surface area contributed by atoms with Gasteiger partial charge in [-0.2, -0.15) is 0 Å². The van der Waals surface area contributed by atoms with Gasteiger partial charge in [-0.1, -0.05) is 31.4 Å². The molecule has 29 heavy (non-hydrogen) atoms. The second kappa shape index (κ2) is 8.52. The number of nitrogens with two attached hydrogens (primary N) is 1. The van der Waals surface area contributed by atoms with E-state index >= 15 is 0 Å². The lowest BCUT2D eigenvalue weighted by molar-refractivity contribution is -0.116. The van der Waals surface area contributed by atoms with Crippen LogP contribution in [0.5, 0.6) is 0 Å². The highest BCUT2D eigenvalue weighted by atomic mass is 16.1. The first-order chi connectivity index (χ1) is 14.1. The lowest BCUT2D eigenvalue weighted by atomic mass is 9.84. The van der Waals surface area contributed by atoms with Gasteiger partial charge >= 0.3 is 0 Å². The predicted octanol–water partition coefficient (Wildman–Crippen LogP) is 4.72. The number of aromatic nitrogens is 1. The van der Waals surface area contributed by atoms with Crippen molar-refractivity contribution in [3.05, 3.63) is 65.4 Å². The molecule has 1 aromatic heterocycles. The Kier molecular flexibility index (Phi) is 5.65. The fraction of sp³-hybridized carbons (Fsp3) is 0.333. The van der Waals surface area contributed by atoms with Gasteiger partial charge in [0.1, 0.15) is 5.84 Å². The third kappa shape index (κ3) is 4.50. The Balaban J connectivity index is 1.36. The van der Waals surface area contributed by atoms with Crippen LogP contribution in [0.4, 0.5) is 5.69 Å². The Hall–Kier alpha value is -3.08. The molecule has 0 saturated heterocycles. The van der Waals surface area contributed by atoms with Crippen LogP contribution in [0.1, 0.15) is 54.7 Å². The molecule has 1 aliphatic carbocycles. The van der Waals surface area contributed by atoms with Crippen LogP contribution < -0.4 is 11.1 Å². The van der Waals surface area contributed by atoms with Crippen LogP contribution in [-0.4, -0.2) is 23.1 Å². The third-order valence-electron chi connectivity index (χ3n) is 5.94. The second-order valence-corrected chi connectivity index (χ2v) is 8.01. The van der Waals surface area contributed by atoms with Gasteiger partial charge in [0.05, 0.1) is 6.54 Å². The predicted molar refractivity (Wildman–Crippen MR) is 119 cm³/mol. The van der Waals surface area contributed by atoms with Crippen LogP contribution in [-0.2, 0) is 11.2 Å². The molecule has 1 fully saturated rings. The molecule has 0 unspecified atom stereocenters. The zero-order chi connectivity index (χ0) is 20.2. The van der Waals surface area contributed by atoms with E-state index < -0.39 is 0 Å². The zero-order valence-electron chi connectivity index (χ0n) is 16.6. The summed E-state index contributed by atoms with van der Waals surface area (Å²) < 4.78 is 0. The van der Waals surface area contributed by atoms with Gasteiger partial charge in [-0.3, -0.25) is 10.2 Å².